The number of amides is 2. The van der Waals surface area contributed by atoms with Crippen LogP contribution in [0, 0.1) is 24.0 Å². The van der Waals surface area contributed by atoms with Gasteiger partial charge in [0, 0.05) is 14.1 Å². The van der Waals surface area contributed by atoms with Crippen LogP contribution < -0.4 is 10.6 Å². The Balaban J connectivity index is 1.81. The summed E-state index contributed by atoms with van der Waals surface area (Å²) in [6.07, 6.45) is 3.98. The van der Waals surface area contributed by atoms with Crippen molar-refractivity contribution in [3.63, 3.8) is 0 Å². The maximum Gasteiger partial charge on any atom is 0.309 e. The smallest absolute Gasteiger partial charge is 0.309 e. The molecule has 0 aromatic carbocycles. The molecule has 3 rings (SSSR count). The maximum atomic E-state index is 12.8. The summed E-state index contributed by atoms with van der Waals surface area (Å²) >= 11 is 0. The van der Waals surface area contributed by atoms with Crippen molar-refractivity contribution in [2.24, 2.45) is 14.1 Å². The lowest BCUT2D eigenvalue weighted by Crippen LogP contribution is -2.27. The fraction of sp³-hybridized carbons (Fsp3) is 0.353. The van der Waals surface area contributed by atoms with Crippen molar-refractivity contribution < 1.29 is 14.5 Å². The van der Waals surface area contributed by atoms with Crippen LogP contribution in [0.15, 0.2) is 18.6 Å². The predicted octanol–water partition coefficient (Wildman–Crippen LogP) is 1.33. The summed E-state index contributed by atoms with van der Waals surface area (Å²) in [5.41, 5.74) is 1.71. The van der Waals surface area contributed by atoms with Crippen LogP contribution in [0.5, 0.6) is 0 Å². The zero-order valence-corrected chi connectivity index (χ0v) is 17.1. The Bertz CT molecular complexity index is 1140. The van der Waals surface area contributed by atoms with Crippen molar-refractivity contribution in [1.29, 1.82) is 0 Å². The summed E-state index contributed by atoms with van der Waals surface area (Å²) in [5.74, 6) is -0.976. The second kappa shape index (κ2) is 7.77. The number of nitro groups is 1. The highest BCUT2D eigenvalue weighted by Crippen LogP contribution is 2.23. The second-order valence-corrected chi connectivity index (χ2v) is 6.73. The number of aryl methyl sites for hydroxylation is 2. The van der Waals surface area contributed by atoms with Gasteiger partial charge in [0.05, 0.1) is 34.4 Å². The quantitative estimate of drug-likeness (QED) is 0.454. The van der Waals surface area contributed by atoms with E-state index in [1.165, 1.54) is 28.7 Å². The Hall–Kier alpha value is -4.03. The zero-order valence-electron chi connectivity index (χ0n) is 17.1. The highest BCUT2D eigenvalue weighted by molar-refractivity contribution is 6.09. The van der Waals surface area contributed by atoms with Crippen LogP contribution in [0.4, 0.5) is 17.1 Å². The van der Waals surface area contributed by atoms with Crippen LogP contribution in [0.2, 0.25) is 0 Å². The van der Waals surface area contributed by atoms with Crippen LogP contribution in [-0.4, -0.2) is 46.1 Å². The molecule has 30 heavy (non-hydrogen) atoms. The van der Waals surface area contributed by atoms with Crippen molar-refractivity contribution in [3.05, 3.63) is 45.8 Å². The van der Waals surface area contributed by atoms with E-state index in [4.69, 9.17) is 0 Å². The van der Waals surface area contributed by atoms with E-state index in [0.29, 0.717) is 5.69 Å². The standard InChI is InChI=1S/C17H21N9O4/c1-9-12(6-18-23(9)4)21-17(28)15-13(7-19-24(15)5)22-16(27)11(3)25-10(2)14(8-20-25)26(29)30/h6-8,11H,1-5H3,(H,21,28)(H,22,27). The van der Waals surface area contributed by atoms with E-state index in [0.717, 1.165) is 11.9 Å². The molecule has 0 radical (unpaired) electrons. The number of nitrogens with one attached hydrogen (secondary N) is 2. The molecule has 0 aliphatic carbocycles. The van der Waals surface area contributed by atoms with Crippen LogP contribution in [-0.2, 0) is 18.9 Å². The molecule has 1 unspecified atom stereocenters. The van der Waals surface area contributed by atoms with Gasteiger partial charge in [-0.15, -0.1) is 0 Å². The first-order chi connectivity index (χ1) is 14.1. The first-order valence-corrected chi connectivity index (χ1v) is 8.93. The Kier molecular flexibility index (Phi) is 5.36. The molecule has 158 valence electrons. The number of nitrogens with zero attached hydrogens (tertiary/aromatic N) is 7. The molecule has 2 N–H and O–H groups in total. The number of aromatic nitrogens is 6. The topological polar surface area (TPSA) is 155 Å². The molecule has 3 heterocycles. The number of carbonyl (C=O) groups is 2. The van der Waals surface area contributed by atoms with Crippen molar-refractivity contribution >= 4 is 28.9 Å². The normalized spacial score (nSPS) is 11.9. The molecule has 0 bridgehead atoms. The van der Waals surface area contributed by atoms with E-state index in [1.807, 2.05) is 6.92 Å². The van der Waals surface area contributed by atoms with Gasteiger partial charge in [0.15, 0.2) is 0 Å². The van der Waals surface area contributed by atoms with Crippen LogP contribution >= 0.6 is 0 Å². The van der Waals surface area contributed by atoms with Gasteiger partial charge in [-0.3, -0.25) is 33.7 Å². The number of anilines is 2. The highest BCUT2D eigenvalue weighted by Gasteiger charge is 2.26. The molecule has 2 amide bonds. The minimum absolute atomic E-state index is 0.141. The van der Waals surface area contributed by atoms with Gasteiger partial charge in [0.1, 0.15) is 23.6 Å². The average Bonchev–Trinajstić information content (AvgIpc) is 3.34. The van der Waals surface area contributed by atoms with Crippen molar-refractivity contribution in [1.82, 2.24) is 29.3 Å². The van der Waals surface area contributed by atoms with Gasteiger partial charge in [-0.05, 0) is 20.8 Å². The fourth-order valence-corrected chi connectivity index (χ4v) is 2.93. The Morgan fingerprint density at radius 3 is 2.20 bits per heavy atom. The monoisotopic (exact) mass is 415 g/mol. The molecule has 0 saturated carbocycles. The summed E-state index contributed by atoms with van der Waals surface area (Å²) in [5, 5.41) is 28.5. The Morgan fingerprint density at radius 2 is 1.63 bits per heavy atom. The minimum atomic E-state index is -0.851. The molecule has 0 aliphatic heterocycles. The molecule has 3 aromatic heterocycles. The molecule has 0 saturated heterocycles. The van der Waals surface area contributed by atoms with Crippen LogP contribution in [0.25, 0.3) is 0 Å². The summed E-state index contributed by atoms with van der Waals surface area (Å²) in [7, 11) is 3.33. The van der Waals surface area contributed by atoms with E-state index >= 15 is 0 Å². The van der Waals surface area contributed by atoms with Gasteiger partial charge in [0.2, 0.25) is 5.91 Å². The first kappa shape index (κ1) is 20.7. The average molecular weight is 415 g/mol. The second-order valence-electron chi connectivity index (χ2n) is 6.73. The summed E-state index contributed by atoms with van der Waals surface area (Å²) < 4.78 is 4.21. The summed E-state index contributed by atoms with van der Waals surface area (Å²) in [6, 6.07) is -0.851. The number of rotatable bonds is 6. The first-order valence-electron chi connectivity index (χ1n) is 8.93. The molecule has 13 nitrogen and oxygen atoms in total. The van der Waals surface area contributed by atoms with Gasteiger partial charge in [-0.2, -0.15) is 15.3 Å². The van der Waals surface area contributed by atoms with Gasteiger partial charge in [-0.1, -0.05) is 0 Å². The third-order valence-electron chi connectivity index (χ3n) is 4.86. The van der Waals surface area contributed by atoms with Gasteiger partial charge >= 0.3 is 5.69 Å². The fourth-order valence-electron chi connectivity index (χ4n) is 2.93. The van der Waals surface area contributed by atoms with E-state index in [2.05, 4.69) is 25.9 Å². The number of carbonyl (C=O) groups excluding carboxylic acids is 2. The Labute approximate surface area is 170 Å². The van der Waals surface area contributed by atoms with E-state index < -0.39 is 22.8 Å². The molecule has 3 aromatic rings. The molecule has 0 aliphatic rings. The van der Waals surface area contributed by atoms with Crippen molar-refractivity contribution in [3.8, 4) is 0 Å². The molecule has 0 fully saturated rings. The van der Waals surface area contributed by atoms with E-state index in [-0.39, 0.29) is 22.8 Å². The SMILES string of the molecule is Cc1c(NC(=O)c2c(NC(=O)C(C)n3ncc([N+](=O)[O-])c3C)cnn2C)cnn1C. The number of hydrogen-bond donors (Lipinski definition) is 2. The zero-order chi connectivity index (χ0) is 22.2. The molecule has 0 spiro atoms. The van der Waals surface area contributed by atoms with Crippen molar-refractivity contribution in [2.75, 3.05) is 10.6 Å². The lowest BCUT2D eigenvalue weighted by atomic mass is 10.2. The highest BCUT2D eigenvalue weighted by atomic mass is 16.6. The molecule has 1 atom stereocenters. The van der Waals surface area contributed by atoms with Crippen LogP contribution in [0.1, 0.15) is 34.8 Å². The lowest BCUT2D eigenvalue weighted by molar-refractivity contribution is -0.385. The maximum absolute atomic E-state index is 12.8. The minimum Gasteiger partial charge on any atom is -0.321 e. The number of hydrogen-bond acceptors (Lipinski definition) is 7. The molecular formula is C17H21N9O4. The van der Waals surface area contributed by atoms with E-state index in [1.54, 1.807) is 25.7 Å². The van der Waals surface area contributed by atoms with Gasteiger partial charge < -0.3 is 10.6 Å². The molecular weight excluding hydrogens is 394 g/mol. The van der Waals surface area contributed by atoms with Crippen LogP contribution in [0.3, 0.4) is 0 Å². The van der Waals surface area contributed by atoms with Gasteiger partial charge in [-0.25, -0.2) is 0 Å². The molecule has 13 heteroatoms. The predicted molar refractivity (Wildman–Crippen MR) is 106 cm³/mol. The lowest BCUT2D eigenvalue weighted by Gasteiger charge is -2.14. The Morgan fingerprint density at radius 1 is 1.00 bits per heavy atom. The third kappa shape index (κ3) is 3.64. The largest absolute Gasteiger partial charge is 0.321 e. The summed E-state index contributed by atoms with van der Waals surface area (Å²) in [6.45, 7) is 4.87. The van der Waals surface area contributed by atoms with Crippen molar-refractivity contribution in [2.45, 2.75) is 26.8 Å². The van der Waals surface area contributed by atoms with Gasteiger partial charge in [0.25, 0.3) is 5.91 Å². The summed E-state index contributed by atoms with van der Waals surface area (Å²) in [4.78, 5) is 35.9. The third-order valence-corrected chi connectivity index (χ3v) is 4.86. The van der Waals surface area contributed by atoms with E-state index in [9.17, 15) is 19.7 Å².